The van der Waals surface area contributed by atoms with Crippen LogP contribution in [0, 0.1) is 0 Å². The highest BCUT2D eigenvalue weighted by Crippen LogP contribution is 2.21. The number of hydrogen-bond donors (Lipinski definition) is 2. The van der Waals surface area contributed by atoms with Gasteiger partial charge in [-0.2, -0.15) is 0 Å². The molecule has 1 aromatic carbocycles. The fourth-order valence-electron chi connectivity index (χ4n) is 2.81. The van der Waals surface area contributed by atoms with Gasteiger partial charge in [0, 0.05) is 24.9 Å². The van der Waals surface area contributed by atoms with Crippen molar-refractivity contribution in [2.45, 2.75) is 31.4 Å². The standard InChI is InChI=1S/C17H22N4O3/c22-16(18-8-7-17(23)6-1-11-24-13-17)15-4-2-14(3-5-15)12-21-10-9-19-20-21/h2-5,9-10,23H,1,6-8,11-13H2,(H,18,22). The molecule has 24 heavy (non-hydrogen) atoms. The predicted molar refractivity (Wildman–Crippen MR) is 87.5 cm³/mol. The minimum atomic E-state index is -0.812. The number of nitrogens with zero attached hydrogens (tertiary/aromatic N) is 3. The molecule has 2 N–H and O–H groups in total. The Hall–Kier alpha value is -2.25. The molecule has 1 fully saturated rings. The summed E-state index contributed by atoms with van der Waals surface area (Å²) in [4.78, 5) is 12.2. The van der Waals surface area contributed by atoms with E-state index in [1.807, 2.05) is 12.1 Å². The van der Waals surface area contributed by atoms with Crippen LogP contribution in [0.2, 0.25) is 0 Å². The van der Waals surface area contributed by atoms with Gasteiger partial charge in [0.05, 0.1) is 24.9 Å². The zero-order valence-corrected chi connectivity index (χ0v) is 13.5. The molecule has 1 atom stereocenters. The van der Waals surface area contributed by atoms with E-state index in [1.54, 1.807) is 29.2 Å². The Morgan fingerprint density at radius 2 is 2.21 bits per heavy atom. The molecule has 128 valence electrons. The third kappa shape index (κ3) is 4.39. The van der Waals surface area contributed by atoms with Crippen molar-refractivity contribution in [3.05, 3.63) is 47.8 Å². The SMILES string of the molecule is O=C(NCCC1(O)CCCOC1)c1ccc(Cn2ccnn2)cc1. The van der Waals surface area contributed by atoms with Gasteiger partial charge in [-0.05, 0) is 37.0 Å². The van der Waals surface area contributed by atoms with Crippen molar-refractivity contribution in [2.24, 2.45) is 0 Å². The maximum absolute atomic E-state index is 12.2. The minimum Gasteiger partial charge on any atom is -0.387 e. The Morgan fingerprint density at radius 1 is 1.38 bits per heavy atom. The Bertz CT molecular complexity index is 649. The van der Waals surface area contributed by atoms with Crippen LogP contribution in [-0.4, -0.2) is 51.4 Å². The Labute approximate surface area is 140 Å². The number of benzene rings is 1. The summed E-state index contributed by atoms with van der Waals surface area (Å²) in [5.74, 6) is -0.136. The van der Waals surface area contributed by atoms with E-state index < -0.39 is 5.60 Å². The summed E-state index contributed by atoms with van der Waals surface area (Å²) in [6, 6.07) is 7.39. The van der Waals surface area contributed by atoms with E-state index >= 15 is 0 Å². The first-order valence-electron chi connectivity index (χ1n) is 8.16. The molecular weight excluding hydrogens is 308 g/mol. The van der Waals surface area contributed by atoms with Crippen molar-refractivity contribution in [3.63, 3.8) is 0 Å². The number of carbonyl (C=O) groups excluding carboxylic acids is 1. The van der Waals surface area contributed by atoms with Crippen LogP contribution in [0.4, 0.5) is 0 Å². The van der Waals surface area contributed by atoms with E-state index in [-0.39, 0.29) is 5.91 Å². The van der Waals surface area contributed by atoms with Crippen molar-refractivity contribution in [1.29, 1.82) is 0 Å². The lowest BCUT2D eigenvalue weighted by atomic mass is 9.93. The number of rotatable bonds is 6. The Balaban J connectivity index is 1.48. The molecule has 0 spiro atoms. The lowest BCUT2D eigenvalue weighted by molar-refractivity contribution is -0.0887. The quantitative estimate of drug-likeness (QED) is 0.824. The van der Waals surface area contributed by atoms with Crippen LogP contribution in [0.15, 0.2) is 36.7 Å². The zero-order valence-electron chi connectivity index (χ0n) is 13.5. The molecule has 1 saturated heterocycles. The molecule has 0 radical (unpaired) electrons. The van der Waals surface area contributed by atoms with Crippen LogP contribution >= 0.6 is 0 Å². The van der Waals surface area contributed by atoms with Crippen molar-refractivity contribution in [1.82, 2.24) is 20.3 Å². The molecule has 0 aliphatic carbocycles. The zero-order chi connectivity index (χ0) is 16.8. The largest absolute Gasteiger partial charge is 0.387 e. The summed E-state index contributed by atoms with van der Waals surface area (Å²) in [7, 11) is 0. The number of ether oxygens (including phenoxy) is 1. The molecule has 1 aliphatic heterocycles. The van der Waals surface area contributed by atoms with Gasteiger partial charge in [-0.25, -0.2) is 4.68 Å². The molecule has 7 heteroatoms. The van der Waals surface area contributed by atoms with Crippen LogP contribution in [0.1, 0.15) is 35.2 Å². The highest BCUT2D eigenvalue weighted by Gasteiger charge is 2.29. The molecule has 1 unspecified atom stereocenters. The summed E-state index contributed by atoms with van der Waals surface area (Å²) < 4.78 is 7.03. The third-order valence-electron chi connectivity index (χ3n) is 4.21. The smallest absolute Gasteiger partial charge is 0.251 e. The summed E-state index contributed by atoms with van der Waals surface area (Å²) in [6.45, 7) is 2.10. The molecule has 0 saturated carbocycles. The molecule has 1 amide bonds. The fraction of sp³-hybridized carbons (Fsp3) is 0.471. The predicted octanol–water partition coefficient (Wildman–Crippen LogP) is 0.988. The summed E-state index contributed by atoms with van der Waals surface area (Å²) >= 11 is 0. The number of aliphatic hydroxyl groups is 1. The van der Waals surface area contributed by atoms with Gasteiger partial charge in [0.15, 0.2) is 0 Å². The van der Waals surface area contributed by atoms with Gasteiger partial charge in [-0.15, -0.1) is 5.10 Å². The Kier molecular flexibility index (Phi) is 5.22. The second-order valence-electron chi connectivity index (χ2n) is 6.18. The van der Waals surface area contributed by atoms with Crippen molar-refractivity contribution in [3.8, 4) is 0 Å². The average Bonchev–Trinajstić information content (AvgIpc) is 3.09. The highest BCUT2D eigenvalue weighted by atomic mass is 16.5. The average molecular weight is 330 g/mol. The van der Waals surface area contributed by atoms with Gasteiger partial charge >= 0.3 is 0 Å². The topological polar surface area (TPSA) is 89.3 Å². The van der Waals surface area contributed by atoms with Crippen molar-refractivity contribution in [2.75, 3.05) is 19.8 Å². The van der Waals surface area contributed by atoms with Gasteiger partial charge in [-0.1, -0.05) is 17.3 Å². The van der Waals surface area contributed by atoms with Gasteiger partial charge in [-0.3, -0.25) is 4.79 Å². The lowest BCUT2D eigenvalue weighted by Gasteiger charge is -2.31. The van der Waals surface area contributed by atoms with Gasteiger partial charge < -0.3 is 15.2 Å². The summed E-state index contributed by atoms with van der Waals surface area (Å²) in [5, 5.41) is 20.9. The van der Waals surface area contributed by atoms with Crippen LogP contribution in [0.25, 0.3) is 0 Å². The fourth-order valence-corrected chi connectivity index (χ4v) is 2.81. The molecule has 2 aromatic rings. The van der Waals surface area contributed by atoms with E-state index in [4.69, 9.17) is 4.74 Å². The monoisotopic (exact) mass is 330 g/mol. The first kappa shape index (κ1) is 16.6. The van der Waals surface area contributed by atoms with Crippen LogP contribution < -0.4 is 5.32 Å². The first-order chi connectivity index (χ1) is 11.6. The number of carbonyl (C=O) groups is 1. The molecule has 0 bridgehead atoms. The second kappa shape index (κ2) is 7.55. The van der Waals surface area contributed by atoms with Crippen LogP contribution in [-0.2, 0) is 11.3 Å². The lowest BCUT2D eigenvalue weighted by Crippen LogP contribution is -2.41. The first-order valence-corrected chi connectivity index (χ1v) is 8.16. The maximum atomic E-state index is 12.2. The molecule has 3 rings (SSSR count). The van der Waals surface area contributed by atoms with E-state index in [9.17, 15) is 9.90 Å². The van der Waals surface area contributed by atoms with Crippen molar-refractivity contribution < 1.29 is 14.6 Å². The molecule has 1 aliphatic rings. The molecule has 7 nitrogen and oxygen atoms in total. The van der Waals surface area contributed by atoms with Crippen LogP contribution in [0.5, 0.6) is 0 Å². The van der Waals surface area contributed by atoms with E-state index in [0.29, 0.717) is 38.3 Å². The van der Waals surface area contributed by atoms with E-state index in [2.05, 4.69) is 15.6 Å². The second-order valence-corrected chi connectivity index (χ2v) is 6.18. The maximum Gasteiger partial charge on any atom is 0.251 e. The molecular formula is C17H22N4O3. The highest BCUT2D eigenvalue weighted by molar-refractivity contribution is 5.94. The molecule has 2 heterocycles. The Morgan fingerprint density at radius 3 is 2.88 bits per heavy atom. The molecule has 1 aromatic heterocycles. The van der Waals surface area contributed by atoms with Crippen molar-refractivity contribution >= 4 is 5.91 Å². The third-order valence-corrected chi connectivity index (χ3v) is 4.21. The van der Waals surface area contributed by atoms with Gasteiger partial charge in [0.1, 0.15) is 0 Å². The van der Waals surface area contributed by atoms with Crippen LogP contribution in [0.3, 0.4) is 0 Å². The van der Waals surface area contributed by atoms with Gasteiger partial charge in [0.25, 0.3) is 5.91 Å². The van der Waals surface area contributed by atoms with E-state index in [1.165, 1.54) is 0 Å². The summed E-state index contributed by atoms with van der Waals surface area (Å²) in [5.41, 5.74) is 0.836. The van der Waals surface area contributed by atoms with Gasteiger partial charge in [0.2, 0.25) is 0 Å². The normalized spacial score (nSPS) is 20.7. The van der Waals surface area contributed by atoms with E-state index in [0.717, 1.165) is 18.4 Å². The number of aromatic nitrogens is 3. The summed E-state index contributed by atoms with van der Waals surface area (Å²) in [6.07, 6.45) is 5.51. The number of amides is 1. The number of nitrogens with one attached hydrogen (secondary N) is 1. The minimum absolute atomic E-state index is 0.136. The number of hydrogen-bond acceptors (Lipinski definition) is 5.